The van der Waals surface area contributed by atoms with Gasteiger partial charge in [-0.25, -0.2) is 0 Å². The molecular formula is C18H28N2. The maximum Gasteiger partial charge on any atom is 0.0233 e. The number of fused-ring (bicyclic) bond motifs is 1. The van der Waals surface area contributed by atoms with Gasteiger partial charge in [-0.15, -0.1) is 0 Å². The van der Waals surface area contributed by atoms with E-state index in [1.165, 1.54) is 49.0 Å². The minimum Gasteiger partial charge on any atom is -0.309 e. The van der Waals surface area contributed by atoms with Gasteiger partial charge in [-0.1, -0.05) is 32.0 Å². The number of benzene rings is 1. The first-order chi connectivity index (χ1) is 9.72. The van der Waals surface area contributed by atoms with Crippen molar-refractivity contribution in [1.82, 2.24) is 10.2 Å². The molecule has 2 heteroatoms. The molecule has 3 rings (SSSR count). The summed E-state index contributed by atoms with van der Waals surface area (Å²) in [6, 6.07) is 7.07. The van der Waals surface area contributed by atoms with Crippen molar-refractivity contribution in [3.63, 3.8) is 0 Å². The van der Waals surface area contributed by atoms with Gasteiger partial charge in [0.05, 0.1) is 0 Å². The van der Waals surface area contributed by atoms with Crippen molar-refractivity contribution in [3.8, 4) is 0 Å². The summed E-state index contributed by atoms with van der Waals surface area (Å²) >= 11 is 0. The molecule has 2 nitrogen and oxygen atoms in total. The third-order valence-corrected chi connectivity index (χ3v) is 5.12. The van der Waals surface area contributed by atoms with Gasteiger partial charge in [-0.3, -0.25) is 4.90 Å². The first-order valence-corrected chi connectivity index (χ1v) is 8.26. The molecule has 2 aliphatic heterocycles. The molecule has 0 bridgehead atoms. The zero-order valence-corrected chi connectivity index (χ0v) is 13.0. The van der Waals surface area contributed by atoms with Crippen LogP contribution in [0.15, 0.2) is 18.2 Å². The van der Waals surface area contributed by atoms with E-state index in [4.69, 9.17) is 0 Å². The quantitative estimate of drug-likeness (QED) is 0.905. The van der Waals surface area contributed by atoms with Crippen LogP contribution in [0.1, 0.15) is 49.8 Å². The molecule has 2 heterocycles. The van der Waals surface area contributed by atoms with Crippen molar-refractivity contribution in [2.24, 2.45) is 11.8 Å². The fraction of sp³-hybridized carbons (Fsp3) is 0.667. The lowest BCUT2D eigenvalue weighted by Crippen LogP contribution is -2.24. The predicted octanol–water partition coefficient (Wildman–Crippen LogP) is 3.55. The number of nitrogens with zero attached hydrogens (tertiary/aromatic N) is 1. The molecule has 1 fully saturated rings. The molecule has 0 aliphatic carbocycles. The van der Waals surface area contributed by atoms with Crippen LogP contribution in [-0.4, -0.2) is 18.0 Å². The number of rotatable bonds is 3. The van der Waals surface area contributed by atoms with E-state index in [0.717, 1.165) is 31.5 Å². The molecular weight excluding hydrogens is 244 g/mol. The van der Waals surface area contributed by atoms with E-state index in [1.807, 2.05) is 0 Å². The van der Waals surface area contributed by atoms with Gasteiger partial charge >= 0.3 is 0 Å². The Morgan fingerprint density at radius 1 is 1.15 bits per heavy atom. The van der Waals surface area contributed by atoms with Crippen molar-refractivity contribution in [1.29, 1.82) is 0 Å². The summed E-state index contributed by atoms with van der Waals surface area (Å²) in [6.07, 6.45) is 4.17. The Balaban J connectivity index is 1.60. The van der Waals surface area contributed by atoms with Gasteiger partial charge in [0.25, 0.3) is 0 Å². The highest BCUT2D eigenvalue weighted by atomic mass is 15.1. The fourth-order valence-corrected chi connectivity index (χ4v) is 3.71. The first kappa shape index (κ1) is 14.1. The smallest absolute Gasteiger partial charge is 0.0233 e. The third kappa shape index (κ3) is 3.24. The molecule has 0 amide bonds. The maximum atomic E-state index is 3.43. The van der Waals surface area contributed by atoms with Crippen molar-refractivity contribution in [3.05, 3.63) is 34.9 Å². The Morgan fingerprint density at radius 3 is 2.85 bits per heavy atom. The minimum absolute atomic E-state index is 0.848. The topological polar surface area (TPSA) is 15.3 Å². The molecule has 1 N–H and O–H groups in total. The Bertz CT molecular complexity index is 453. The molecule has 1 atom stereocenters. The van der Waals surface area contributed by atoms with Crippen molar-refractivity contribution < 1.29 is 0 Å². The fourth-order valence-electron chi connectivity index (χ4n) is 3.71. The summed E-state index contributed by atoms with van der Waals surface area (Å²) in [5.41, 5.74) is 4.50. The second kappa shape index (κ2) is 6.28. The highest BCUT2D eigenvalue weighted by Gasteiger charge is 2.19. The normalized spacial score (nSPS) is 23.9. The largest absolute Gasteiger partial charge is 0.309 e. The van der Waals surface area contributed by atoms with Crippen LogP contribution in [0.25, 0.3) is 0 Å². The average Bonchev–Trinajstić information content (AvgIpc) is 2.76. The average molecular weight is 272 g/mol. The van der Waals surface area contributed by atoms with Crippen molar-refractivity contribution >= 4 is 0 Å². The summed E-state index contributed by atoms with van der Waals surface area (Å²) in [4.78, 5) is 2.66. The molecule has 1 aromatic carbocycles. The zero-order chi connectivity index (χ0) is 13.9. The van der Waals surface area contributed by atoms with Gasteiger partial charge in [0, 0.05) is 19.6 Å². The maximum absolute atomic E-state index is 3.43. The monoisotopic (exact) mass is 272 g/mol. The van der Waals surface area contributed by atoms with Gasteiger partial charge < -0.3 is 5.32 Å². The molecule has 0 aromatic heterocycles. The summed E-state index contributed by atoms with van der Waals surface area (Å²) in [6.45, 7) is 10.6. The zero-order valence-electron chi connectivity index (χ0n) is 13.0. The van der Waals surface area contributed by atoms with Crippen LogP contribution < -0.4 is 5.32 Å². The van der Waals surface area contributed by atoms with Crippen LogP contribution >= 0.6 is 0 Å². The second-order valence-corrected chi connectivity index (χ2v) is 6.92. The predicted molar refractivity (Wildman–Crippen MR) is 84.4 cm³/mol. The number of hydrogen-bond acceptors (Lipinski definition) is 2. The van der Waals surface area contributed by atoms with E-state index in [1.54, 1.807) is 0 Å². The summed E-state index contributed by atoms with van der Waals surface area (Å²) in [5.74, 6) is 1.78. The number of nitrogens with one attached hydrogen (secondary N) is 1. The van der Waals surface area contributed by atoms with E-state index in [2.05, 4.69) is 42.3 Å². The Labute approximate surface area is 123 Å². The Hall–Kier alpha value is -0.860. The van der Waals surface area contributed by atoms with Gasteiger partial charge in [0.2, 0.25) is 0 Å². The van der Waals surface area contributed by atoms with Crippen LogP contribution in [0.2, 0.25) is 0 Å². The first-order valence-electron chi connectivity index (χ1n) is 8.26. The van der Waals surface area contributed by atoms with Crippen molar-refractivity contribution in [2.75, 3.05) is 13.1 Å². The highest BCUT2D eigenvalue weighted by Crippen LogP contribution is 2.25. The lowest BCUT2D eigenvalue weighted by atomic mass is 9.89. The van der Waals surface area contributed by atoms with Gasteiger partial charge in [0.15, 0.2) is 0 Å². The number of hydrogen-bond donors (Lipinski definition) is 1. The minimum atomic E-state index is 0.848. The molecule has 1 saturated heterocycles. The molecule has 1 unspecified atom stereocenters. The van der Waals surface area contributed by atoms with E-state index in [0.29, 0.717) is 0 Å². The van der Waals surface area contributed by atoms with Crippen LogP contribution in [-0.2, 0) is 19.6 Å². The summed E-state index contributed by atoms with van der Waals surface area (Å²) < 4.78 is 0. The molecule has 20 heavy (non-hydrogen) atoms. The van der Waals surface area contributed by atoms with Crippen LogP contribution in [0.5, 0.6) is 0 Å². The van der Waals surface area contributed by atoms with E-state index >= 15 is 0 Å². The Morgan fingerprint density at radius 2 is 2.00 bits per heavy atom. The summed E-state index contributed by atoms with van der Waals surface area (Å²) in [7, 11) is 0. The molecule has 0 spiro atoms. The lowest BCUT2D eigenvalue weighted by molar-refractivity contribution is 0.264. The second-order valence-electron chi connectivity index (χ2n) is 6.92. The van der Waals surface area contributed by atoms with Crippen LogP contribution in [0, 0.1) is 11.8 Å². The molecule has 2 aliphatic rings. The van der Waals surface area contributed by atoms with E-state index in [-0.39, 0.29) is 0 Å². The summed E-state index contributed by atoms with van der Waals surface area (Å²) in [5, 5.41) is 3.43. The Kier molecular flexibility index (Phi) is 4.42. The van der Waals surface area contributed by atoms with Crippen LogP contribution in [0.4, 0.5) is 0 Å². The standard InChI is InChI=1S/C18H28N2/c1-14(2)16-4-3-8-20(9-7-16)13-15-5-6-17-11-19-12-18(17)10-15/h5-6,10,14,16,19H,3-4,7-9,11-13H2,1-2H3. The van der Waals surface area contributed by atoms with Crippen molar-refractivity contribution in [2.45, 2.75) is 52.7 Å². The lowest BCUT2D eigenvalue weighted by Gasteiger charge is -2.21. The number of likely N-dealkylation sites (tertiary alicyclic amines) is 1. The van der Waals surface area contributed by atoms with E-state index in [9.17, 15) is 0 Å². The highest BCUT2D eigenvalue weighted by molar-refractivity contribution is 5.34. The van der Waals surface area contributed by atoms with E-state index < -0.39 is 0 Å². The SMILES string of the molecule is CC(C)C1CCCN(Cc2ccc3c(c2)CNC3)CC1. The van der Waals surface area contributed by atoms with Gasteiger partial charge in [-0.2, -0.15) is 0 Å². The molecule has 0 radical (unpaired) electrons. The molecule has 0 saturated carbocycles. The molecule has 110 valence electrons. The third-order valence-electron chi connectivity index (χ3n) is 5.12. The van der Waals surface area contributed by atoms with Gasteiger partial charge in [-0.05, 0) is 60.9 Å². The van der Waals surface area contributed by atoms with Crippen LogP contribution in [0.3, 0.4) is 0 Å². The van der Waals surface area contributed by atoms with Gasteiger partial charge in [0.1, 0.15) is 0 Å². The molecule has 1 aromatic rings.